The second-order valence-corrected chi connectivity index (χ2v) is 5.23. The molecule has 4 nitrogen and oxygen atoms in total. The van der Waals surface area contributed by atoms with E-state index in [2.05, 4.69) is 12.2 Å². The Hall–Kier alpha value is -1.55. The van der Waals surface area contributed by atoms with Crippen LogP contribution in [-0.2, 0) is 0 Å². The third-order valence-corrected chi connectivity index (χ3v) is 3.63. The maximum atomic E-state index is 12.6. The molecular formula is C16H24N2O2. The van der Waals surface area contributed by atoms with E-state index in [1.165, 1.54) is 0 Å². The molecule has 0 aliphatic carbocycles. The summed E-state index contributed by atoms with van der Waals surface area (Å²) >= 11 is 0. The van der Waals surface area contributed by atoms with E-state index in [-0.39, 0.29) is 5.91 Å². The highest BCUT2D eigenvalue weighted by atomic mass is 16.5. The molecule has 0 aromatic heterocycles. The Kier molecular flexibility index (Phi) is 5.41. The Balaban J connectivity index is 2.08. The number of nitrogens with one attached hydrogen (secondary N) is 1. The van der Waals surface area contributed by atoms with E-state index < -0.39 is 0 Å². The molecule has 0 radical (unpaired) electrons. The minimum absolute atomic E-state index is 0.115. The number of likely N-dealkylation sites (tertiary alicyclic amines) is 1. The first kappa shape index (κ1) is 14.9. The van der Waals surface area contributed by atoms with Crippen molar-refractivity contribution in [2.24, 2.45) is 0 Å². The van der Waals surface area contributed by atoms with Crippen LogP contribution in [0.2, 0.25) is 0 Å². The lowest BCUT2D eigenvalue weighted by atomic mass is 10.1. The number of ether oxygens (including phenoxy) is 1. The summed E-state index contributed by atoms with van der Waals surface area (Å²) in [4.78, 5) is 14.6. The molecule has 1 aromatic carbocycles. The quantitative estimate of drug-likeness (QED) is 0.867. The summed E-state index contributed by atoms with van der Waals surface area (Å²) in [5, 5.41) is 3.17. The van der Waals surface area contributed by atoms with E-state index in [1.54, 1.807) is 0 Å². The number of hydrogen-bond acceptors (Lipinski definition) is 3. The van der Waals surface area contributed by atoms with Crippen molar-refractivity contribution >= 4 is 5.91 Å². The Labute approximate surface area is 121 Å². The fourth-order valence-electron chi connectivity index (χ4n) is 2.66. The van der Waals surface area contributed by atoms with Crippen molar-refractivity contribution in [1.29, 1.82) is 0 Å². The van der Waals surface area contributed by atoms with Crippen molar-refractivity contribution in [2.45, 2.75) is 32.2 Å². The first-order chi connectivity index (χ1) is 9.76. The maximum absolute atomic E-state index is 12.6. The number of carbonyl (C=O) groups is 1. The van der Waals surface area contributed by atoms with Crippen LogP contribution >= 0.6 is 0 Å². The van der Waals surface area contributed by atoms with Crippen LogP contribution in [0.4, 0.5) is 0 Å². The largest absolute Gasteiger partial charge is 0.494 e. The molecule has 0 saturated carbocycles. The van der Waals surface area contributed by atoms with Crippen molar-refractivity contribution in [3.05, 3.63) is 29.8 Å². The number of amides is 1. The highest BCUT2D eigenvalue weighted by Crippen LogP contribution is 2.21. The molecule has 0 spiro atoms. The molecule has 0 bridgehead atoms. The van der Waals surface area contributed by atoms with Gasteiger partial charge < -0.3 is 15.0 Å². The maximum Gasteiger partial charge on any atom is 0.254 e. The number of benzene rings is 1. The van der Waals surface area contributed by atoms with Crippen LogP contribution in [0.15, 0.2) is 24.3 Å². The molecule has 1 aromatic rings. The third-order valence-electron chi connectivity index (χ3n) is 3.63. The van der Waals surface area contributed by atoms with Crippen molar-refractivity contribution < 1.29 is 9.53 Å². The molecule has 1 N–H and O–H groups in total. The molecule has 1 heterocycles. The van der Waals surface area contributed by atoms with Gasteiger partial charge in [-0.05, 0) is 44.5 Å². The minimum Gasteiger partial charge on any atom is -0.494 e. The van der Waals surface area contributed by atoms with Crippen molar-refractivity contribution in [1.82, 2.24) is 10.2 Å². The molecule has 1 saturated heterocycles. The number of carbonyl (C=O) groups excluding carboxylic acids is 1. The van der Waals surface area contributed by atoms with Gasteiger partial charge in [0.25, 0.3) is 5.91 Å². The van der Waals surface area contributed by atoms with Gasteiger partial charge in [0.2, 0.25) is 0 Å². The van der Waals surface area contributed by atoms with Crippen molar-refractivity contribution in [3.8, 4) is 5.75 Å². The van der Waals surface area contributed by atoms with Crippen LogP contribution < -0.4 is 10.1 Å². The van der Waals surface area contributed by atoms with E-state index in [9.17, 15) is 4.79 Å². The molecule has 20 heavy (non-hydrogen) atoms. The lowest BCUT2D eigenvalue weighted by Crippen LogP contribution is -2.40. The van der Waals surface area contributed by atoms with Gasteiger partial charge in [0.05, 0.1) is 6.61 Å². The molecule has 1 amide bonds. The summed E-state index contributed by atoms with van der Waals surface area (Å²) in [6.07, 6.45) is 3.14. The van der Waals surface area contributed by atoms with Crippen molar-refractivity contribution in [2.75, 3.05) is 26.7 Å². The number of hydrogen-bond donors (Lipinski definition) is 1. The average Bonchev–Trinajstić information content (AvgIpc) is 2.93. The first-order valence-corrected chi connectivity index (χ1v) is 7.44. The van der Waals surface area contributed by atoms with E-state index in [0.717, 1.165) is 43.7 Å². The third kappa shape index (κ3) is 3.51. The monoisotopic (exact) mass is 276 g/mol. The van der Waals surface area contributed by atoms with E-state index in [1.807, 2.05) is 36.2 Å². The highest BCUT2D eigenvalue weighted by molar-refractivity contribution is 5.95. The van der Waals surface area contributed by atoms with Gasteiger partial charge in [-0.3, -0.25) is 4.79 Å². The summed E-state index contributed by atoms with van der Waals surface area (Å²) in [5.74, 6) is 0.895. The van der Waals surface area contributed by atoms with Crippen LogP contribution in [0, 0.1) is 0 Å². The van der Waals surface area contributed by atoms with Gasteiger partial charge in [-0.2, -0.15) is 0 Å². The lowest BCUT2D eigenvalue weighted by Gasteiger charge is -2.24. The molecule has 1 aliphatic rings. The van der Waals surface area contributed by atoms with Gasteiger partial charge in [0, 0.05) is 24.7 Å². The van der Waals surface area contributed by atoms with Crippen LogP contribution in [-0.4, -0.2) is 43.6 Å². The Bertz CT molecular complexity index is 448. The fraction of sp³-hybridized carbons (Fsp3) is 0.562. The van der Waals surface area contributed by atoms with Gasteiger partial charge in [0.1, 0.15) is 5.75 Å². The summed E-state index contributed by atoms with van der Waals surface area (Å²) in [5.41, 5.74) is 0.724. The lowest BCUT2D eigenvalue weighted by molar-refractivity contribution is 0.0736. The summed E-state index contributed by atoms with van der Waals surface area (Å²) in [6, 6.07) is 7.83. The summed E-state index contributed by atoms with van der Waals surface area (Å²) in [6.45, 7) is 4.47. The van der Waals surface area contributed by atoms with Crippen LogP contribution in [0.3, 0.4) is 0 Å². The summed E-state index contributed by atoms with van der Waals surface area (Å²) < 4.78 is 5.60. The number of likely N-dealkylation sites (N-methyl/N-ethyl adjacent to an activating group) is 1. The molecule has 110 valence electrons. The minimum atomic E-state index is 0.115. The fourth-order valence-corrected chi connectivity index (χ4v) is 2.66. The molecule has 1 atom stereocenters. The molecule has 4 heteroatoms. The Morgan fingerprint density at radius 2 is 2.35 bits per heavy atom. The molecule has 1 fully saturated rings. The first-order valence-electron chi connectivity index (χ1n) is 7.44. The average molecular weight is 276 g/mol. The SMILES string of the molecule is CCCOc1cccc(C(=O)N2CCCC2CNC)c1. The van der Waals surface area contributed by atoms with E-state index >= 15 is 0 Å². The van der Waals surface area contributed by atoms with Crippen LogP contribution in [0.5, 0.6) is 5.75 Å². The smallest absolute Gasteiger partial charge is 0.254 e. The van der Waals surface area contributed by atoms with Crippen LogP contribution in [0.1, 0.15) is 36.5 Å². The Morgan fingerprint density at radius 1 is 1.50 bits per heavy atom. The zero-order chi connectivity index (χ0) is 14.4. The second kappa shape index (κ2) is 7.29. The normalized spacial score (nSPS) is 18.3. The van der Waals surface area contributed by atoms with E-state index in [0.29, 0.717) is 12.6 Å². The molecular weight excluding hydrogens is 252 g/mol. The molecule has 1 aliphatic heterocycles. The topological polar surface area (TPSA) is 41.6 Å². The number of rotatable bonds is 6. The predicted molar refractivity (Wildman–Crippen MR) is 80.2 cm³/mol. The summed E-state index contributed by atoms with van der Waals surface area (Å²) in [7, 11) is 1.93. The van der Waals surface area contributed by atoms with Crippen LogP contribution in [0.25, 0.3) is 0 Å². The zero-order valence-corrected chi connectivity index (χ0v) is 12.4. The van der Waals surface area contributed by atoms with Gasteiger partial charge in [-0.15, -0.1) is 0 Å². The van der Waals surface area contributed by atoms with E-state index in [4.69, 9.17) is 4.74 Å². The zero-order valence-electron chi connectivity index (χ0n) is 12.4. The van der Waals surface area contributed by atoms with Gasteiger partial charge in [-0.25, -0.2) is 0 Å². The van der Waals surface area contributed by atoms with Gasteiger partial charge >= 0.3 is 0 Å². The number of nitrogens with zero attached hydrogens (tertiary/aromatic N) is 1. The molecule has 1 unspecified atom stereocenters. The predicted octanol–water partition coefficient (Wildman–Crippen LogP) is 2.30. The van der Waals surface area contributed by atoms with Crippen molar-refractivity contribution in [3.63, 3.8) is 0 Å². The van der Waals surface area contributed by atoms with Gasteiger partial charge in [-0.1, -0.05) is 13.0 Å². The highest BCUT2D eigenvalue weighted by Gasteiger charge is 2.28. The standard InChI is InChI=1S/C16H24N2O2/c1-3-10-20-15-8-4-6-13(11-15)16(19)18-9-5-7-14(18)12-17-2/h4,6,8,11,14,17H,3,5,7,9-10,12H2,1-2H3. The molecule has 2 rings (SSSR count). The van der Waals surface area contributed by atoms with Gasteiger partial charge in [0.15, 0.2) is 0 Å². The second-order valence-electron chi connectivity index (χ2n) is 5.23. The Morgan fingerprint density at radius 3 is 3.10 bits per heavy atom.